The van der Waals surface area contributed by atoms with Crippen LogP contribution >= 0.6 is 11.6 Å². The number of rotatable bonds is 2. The van der Waals surface area contributed by atoms with Crippen molar-refractivity contribution in [1.29, 1.82) is 0 Å². The average molecular weight is 259 g/mol. The molecule has 1 saturated heterocycles. The van der Waals surface area contributed by atoms with Gasteiger partial charge in [-0.05, 0) is 25.3 Å². The summed E-state index contributed by atoms with van der Waals surface area (Å²) in [5, 5.41) is 9.37. The molecule has 0 saturated carbocycles. The first-order valence-corrected chi connectivity index (χ1v) is 6.13. The Hall–Kier alpha value is -1.00. The van der Waals surface area contributed by atoms with Crippen molar-refractivity contribution >= 4 is 23.0 Å². The van der Waals surface area contributed by atoms with Gasteiger partial charge in [-0.3, -0.25) is 0 Å². The molecule has 1 heterocycles. The van der Waals surface area contributed by atoms with Crippen LogP contribution in [-0.4, -0.2) is 24.3 Å². The summed E-state index contributed by atoms with van der Waals surface area (Å²) in [7, 11) is 0. The fourth-order valence-electron chi connectivity index (χ4n) is 2.31. The lowest BCUT2D eigenvalue weighted by Crippen LogP contribution is -2.42. The Bertz CT molecular complexity index is 414. The minimum Gasteiger partial charge on any atom is -0.397 e. The zero-order valence-corrected chi connectivity index (χ0v) is 10.3. The van der Waals surface area contributed by atoms with E-state index >= 15 is 0 Å². The van der Waals surface area contributed by atoms with E-state index in [1.807, 2.05) is 4.90 Å². The van der Waals surface area contributed by atoms with Gasteiger partial charge >= 0.3 is 0 Å². The summed E-state index contributed by atoms with van der Waals surface area (Å²) in [6, 6.07) is 2.80. The number of nitrogens with zero attached hydrogens (tertiary/aromatic N) is 1. The lowest BCUT2D eigenvalue weighted by molar-refractivity contribution is 0.240. The third-order valence-electron chi connectivity index (χ3n) is 3.22. The van der Waals surface area contributed by atoms with E-state index in [0.717, 1.165) is 25.8 Å². The zero-order chi connectivity index (χ0) is 12.4. The van der Waals surface area contributed by atoms with Crippen molar-refractivity contribution in [2.75, 3.05) is 23.8 Å². The molecule has 0 amide bonds. The molecule has 0 spiro atoms. The average Bonchev–Trinajstić information content (AvgIpc) is 2.34. The molecule has 0 aliphatic carbocycles. The van der Waals surface area contributed by atoms with Crippen molar-refractivity contribution in [3.05, 3.63) is 23.0 Å². The molecular formula is C12H16ClFN2O. The van der Waals surface area contributed by atoms with Crippen molar-refractivity contribution in [2.45, 2.75) is 25.3 Å². The normalized spacial score (nSPS) is 20.6. The lowest BCUT2D eigenvalue weighted by atomic mass is 10.0. The van der Waals surface area contributed by atoms with Gasteiger partial charge in [-0.25, -0.2) is 4.39 Å². The van der Waals surface area contributed by atoms with Crippen LogP contribution in [0.5, 0.6) is 0 Å². The summed E-state index contributed by atoms with van der Waals surface area (Å²) < 4.78 is 13.5. The molecule has 1 aromatic rings. The second kappa shape index (κ2) is 5.10. The molecule has 94 valence electrons. The Morgan fingerprint density at radius 1 is 1.47 bits per heavy atom. The third kappa shape index (κ3) is 2.48. The number of aliphatic hydroxyl groups is 1. The highest BCUT2D eigenvalue weighted by molar-refractivity contribution is 6.31. The van der Waals surface area contributed by atoms with Gasteiger partial charge in [0.2, 0.25) is 0 Å². The maximum Gasteiger partial charge on any atom is 0.144 e. The van der Waals surface area contributed by atoms with E-state index in [-0.39, 0.29) is 17.7 Å². The van der Waals surface area contributed by atoms with E-state index in [0.29, 0.717) is 11.4 Å². The summed E-state index contributed by atoms with van der Waals surface area (Å²) in [4.78, 5) is 1.97. The molecule has 1 aliphatic rings. The van der Waals surface area contributed by atoms with Gasteiger partial charge in [-0.2, -0.15) is 0 Å². The summed E-state index contributed by atoms with van der Waals surface area (Å²) >= 11 is 5.67. The predicted octanol–water partition coefficient (Wildman–Crippen LogP) is 2.41. The third-order valence-corrected chi connectivity index (χ3v) is 3.51. The Morgan fingerprint density at radius 2 is 2.24 bits per heavy atom. The van der Waals surface area contributed by atoms with Crippen LogP contribution in [0.4, 0.5) is 15.8 Å². The van der Waals surface area contributed by atoms with Crippen LogP contribution in [-0.2, 0) is 0 Å². The maximum atomic E-state index is 13.5. The van der Waals surface area contributed by atoms with Crippen molar-refractivity contribution in [1.82, 2.24) is 0 Å². The van der Waals surface area contributed by atoms with Crippen LogP contribution in [0.3, 0.4) is 0 Å². The number of anilines is 2. The highest BCUT2D eigenvalue weighted by Crippen LogP contribution is 2.33. The fraction of sp³-hybridized carbons (Fsp3) is 0.500. The second-order valence-electron chi connectivity index (χ2n) is 4.35. The van der Waals surface area contributed by atoms with E-state index in [4.69, 9.17) is 17.3 Å². The molecule has 0 bridgehead atoms. The number of nitrogen functional groups attached to an aromatic ring is 1. The van der Waals surface area contributed by atoms with Crippen LogP contribution in [0.25, 0.3) is 0 Å². The smallest absolute Gasteiger partial charge is 0.144 e. The topological polar surface area (TPSA) is 49.5 Å². The molecule has 5 heteroatoms. The molecule has 3 nitrogen and oxygen atoms in total. The molecule has 17 heavy (non-hydrogen) atoms. The molecule has 0 radical (unpaired) electrons. The number of aliphatic hydroxyl groups excluding tert-OH is 1. The fourth-order valence-corrected chi connectivity index (χ4v) is 2.48. The van der Waals surface area contributed by atoms with Gasteiger partial charge in [-0.15, -0.1) is 0 Å². The van der Waals surface area contributed by atoms with Gasteiger partial charge in [0.1, 0.15) is 5.82 Å². The van der Waals surface area contributed by atoms with Crippen LogP contribution < -0.4 is 10.6 Å². The second-order valence-corrected chi connectivity index (χ2v) is 4.76. The monoisotopic (exact) mass is 258 g/mol. The van der Waals surface area contributed by atoms with E-state index in [9.17, 15) is 9.50 Å². The lowest BCUT2D eigenvalue weighted by Gasteiger charge is -2.37. The maximum absolute atomic E-state index is 13.5. The Balaban J connectivity index is 2.34. The van der Waals surface area contributed by atoms with Crippen molar-refractivity contribution in [3.63, 3.8) is 0 Å². The van der Waals surface area contributed by atoms with Crippen LogP contribution in [0, 0.1) is 5.82 Å². The molecule has 3 N–H and O–H groups in total. The number of hydrogen-bond acceptors (Lipinski definition) is 3. The van der Waals surface area contributed by atoms with Crippen LogP contribution in [0.1, 0.15) is 19.3 Å². The first-order valence-electron chi connectivity index (χ1n) is 5.75. The summed E-state index contributed by atoms with van der Waals surface area (Å²) in [6.07, 6.45) is 3.01. The van der Waals surface area contributed by atoms with E-state index < -0.39 is 5.82 Å². The Kier molecular flexibility index (Phi) is 3.74. The van der Waals surface area contributed by atoms with Crippen LogP contribution in [0.15, 0.2) is 12.1 Å². The minimum atomic E-state index is -0.474. The number of halogens is 2. The molecule has 2 rings (SSSR count). The summed E-state index contributed by atoms with van der Waals surface area (Å²) in [5.41, 5.74) is 6.95. The molecule has 1 atom stereocenters. The van der Waals surface area contributed by atoms with E-state index in [2.05, 4.69) is 0 Å². The first-order chi connectivity index (χ1) is 8.13. The number of benzene rings is 1. The molecule has 1 unspecified atom stereocenters. The van der Waals surface area contributed by atoms with Crippen molar-refractivity contribution < 1.29 is 9.50 Å². The molecule has 1 aliphatic heterocycles. The predicted molar refractivity (Wildman–Crippen MR) is 67.9 cm³/mol. The van der Waals surface area contributed by atoms with Gasteiger partial charge in [0, 0.05) is 12.6 Å². The molecule has 1 aromatic carbocycles. The first kappa shape index (κ1) is 12.5. The quantitative estimate of drug-likeness (QED) is 0.801. The molecule has 1 fully saturated rings. The van der Waals surface area contributed by atoms with Gasteiger partial charge in [0.05, 0.1) is 29.0 Å². The number of hydrogen-bond donors (Lipinski definition) is 2. The van der Waals surface area contributed by atoms with Crippen molar-refractivity contribution in [3.8, 4) is 0 Å². The van der Waals surface area contributed by atoms with Crippen LogP contribution in [0.2, 0.25) is 5.02 Å². The number of nitrogens with two attached hydrogens (primary N) is 1. The van der Waals surface area contributed by atoms with Gasteiger partial charge in [-0.1, -0.05) is 11.6 Å². The molecule has 0 aromatic heterocycles. The highest BCUT2D eigenvalue weighted by atomic mass is 35.5. The summed E-state index contributed by atoms with van der Waals surface area (Å²) in [5.74, 6) is -0.474. The minimum absolute atomic E-state index is 0.0200. The van der Waals surface area contributed by atoms with E-state index in [1.165, 1.54) is 12.1 Å². The SMILES string of the molecule is Nc1cc(Cl)c(F)cc1N1CCCCC1CO. The van der Waals surface area contributed by atoms with Gasteiger partial charge in [0.25, 0.3) is 0 Å². The standard InChI is InChI=1S/C12H16ClFN2O/c13-9-5-11(15)12(6-10(9)14)16-4-2-1-3-8(16)7-17/h5-6,8,17H,1-4,7,15H2. The van der Waals surface area contributed by atoms with Gasteiger partial charge in [0.15, 0.2) is 0 Å². The molecular weight excluding hydrogens is 243 g/mol. The Morgan fingerprint density at radius 3 is 2.94 bits per heavy atom. The number of piperidine rings is 1. The Labute approximate surface area is 105 Å². The van der Waals surface area contributed by atoms with Crippen molar-refractivity contribution in [2.24, 2.45) is 0 Å². The van der Waals surface area contributed by atoms with E-state index in [1.54, 1.807) is 0 Å². The summed E-state index contributed by atoms with van der Waals surface area (Å²) in [6.45, 7) is 0.847. The highest BCUT2D eigenvalue weighted by Gasteiger charge is 2.24. The zero-order valence-electron chi connectivity index (χ0n) is 9.50. The largest absolute Gasteiger partial charge is 0.397 e. The van der Waals surface area contributed by atoms with Gasteiger partial charge < -0.3 is 15.7 Å².